The van der Waals surface area contributed by atoms with Gasteiger partial charge in [-0.15, -0.1) is 0 Å². The fourth-order valence-electron chi connectivity index (χ4n) is 3.09. The highest BCUT2D eigenvalue weighted by Crippen LogP contribution is 2.28. The summed E-state index contributed by atoms with van der Waals surface area (Å²) in [5.74, 6) is -0.197. The molecule has 0 atom stereocenters. The van der Waals surface area contributed by atoms with Gasteiger partial charge >= 0.3 is 0 Å². The molecule has 0 aliphatic carbocycles. The second-order valence-corrected chi connectivity index (χ2v) is 7.76. The second-order valence-electron chi connectivity index (χ2n) is 6.73. The standard InChI is InChI=1S/C21H23N3O2S/c1-5-6-18(25)23-21-22-16-8-7-15(11-17(16)27-21)20(26)24-19-13(3)9-12(2)10-14(19)4/h7-11H,5-6H2,1-4H3,(H,24,26)(H,22,23,25). The van der Waals surface area contributed by atoms with Crippen molar-refractivity contribution in [1.82, 2.24) is 4.98 Å². The summed E-state index contributed by atoms with van der Waals surface area (Å²) in [6.45, 7) is 7.99. The van der Waals surface area contributed by atoms with Gasteiger partial charge in [0.2, 0.25) is 5.91 Å². The number of amides is 2. The number of carbonyl (C=O) groups excluding carboxylic acids is 2. The van der Waals surface area contributed by atoms with Gasteiger partial charge in [0.25, 0.3) is 5.91 Å². The van der Waals surface area contributed by atoms with Crippen molar-refractivity contribution >= 4 is 44.2 Å². The molecule has 0 spiro atoms. The zero-order chi connectivity index (χ0) is 19.6. The Hall–Kier alpha value is -2.73. The van der Waals surface area contributed by atoms with Crippen molar-refractivity contribution in [3.05, 3.63) is 52.6 Å². The number of anilines is 2. The molecule has 0 saturated heterocycles. The summed E-state index contributed by atoms with van der Waals surface area (Å²) in [6.07, 6.45) is 1.26. The molecular formula is C21H23N3O2S. The Bertz CT molecular complexity index is 1000. The Balaban J connectivity index is 1.82. The average molecular weight is 382 g/mol. The smallest absolute Gasteiger partial charge is 0.255 e. The molecule has 0 bridgehead atoms. The molecular weight excluding hydrogens is 358 g/mol. The third kappa shape index (κ3) is 4.34. The lowest BCUT2D eigenvalue weighted by Crippen LogP contribution is -2.13. The van der Waals surface area contributed by atoms with Crippen LogP contribution in [-0.2, 0) is 4.79 Å². The molecule has 27 heavy (non-hydrogen) atoms. The van der Waals surface area contributed by atoms with Crippen LogP contribution in [0.1, 0.15) is 46.8 Å². The zero-order valence-electron chi connectivity index (χ0n) is 16.0. The molecule has 1 heterocycles. The molecule has 0 unspecified atom stereocenters. The first-order valence-corrected chi connectivity index (χ1v) is 9.78. The molecule has 2 amide bonds. The lowest BCUT2D eigenvalue weighted by atomic mass is 10.0. The minimum Gasteiger partial charge on any atom is -0.322 e. The SMILES string of the molecule is CCCC(=O)Nc1nc2ccc(C(=O)Nc3c(C)cc(C)cc3C)cc2s1. The highest BCUT2D eigenvalue weighted by atomic mass is 32.1. The van der Waals surface area contributed by atoms with Crippen LogP contribution >= 0.6 is 11.3 Å². The molecule has 0 radical (unpaired) electrons. The van der Waals surface area contributed by atoms with Gasteiger partial charge in [0.15, 0.2) is 5.13 Å². The predicted molar refractivity (Wildman–Crippen MR) is 112 cm³/mol. The number of fused-ring (bicyclic) bond motifs is 1. The van der Waals surface area contributed by atoms with Crippen molar-refractivity contribution in [2.45, 2.75) is 40.5 Å². The van der Waals surface area contributed by atoms with Crippen molar-refractivity contribution in [3.63, 3.8) is 0 Å². The number of aryl methyl sites for hydroxylation is 3. The van der Waals surface area contributed by atoms with Gasteiger partial charge in [0, 0.05) is 17.7 Å². The fourth-order valence-corrected chi connectivity index (χ4v) is 4.01. The Labute approximate surface area is 162 Å². The van der Waals surface area contributed by atoms with Gasteiger partial charge in [-0.05, 0) is 56.5 Å². The number of hydrogen-bond donors (Lipinski definition) is 2. The maximum atomic E-state index is 12.7. The van der Waals surface area contributed by atoms with Gasteiger partial charge in [0.1, 0.15) is 0 Å². The lowest BCUT2D eigenvalue weighted by Gasteiger charge is -2.12. The van der Waals surface area contributed by atoms with Crippen LogP contribution in [0, 0.1) is 20.8 Å². The van der Waals surface area contributed by atoms with Crippen LogP contribution in [-0.4, -0.2) is 16.8 Å². The first-order valence-electron chi connectivity index (χ1n) is 8.97. The van der Waals surface area contributed by atoms with Crippen LogP contribution in [0.3, 0.4) is 0 Å². The number of carbonyl (C=O) groups is 2. The van der Waals surface area contributed by atoms with E-state index >= 15 is 0 Å². The van der Waals surface area contributed by atoms with E-state index in [2.05, 4.69) is 27.8 Å². The van der Waals surface area contributed by atoms with E-state index in [1.165, 1.54) is 16.9 Å². The van der Waals surface area contributed by atoms with Gasteiger partial charge in [-0.3, -0.25) is 9.59 Å². The van der Waals surface area contributed by atoms with Crippen LogP contribution in [0.4, 0.5) is 10.8 Å². The van der Waals surface area contributed by atoms with E-state index in [1.54, 1.807) is 6.07 Å². The van der Waals surface area contributed by atoms with E-state index in [-0.39, 0.29) is 11.8 Å². The van der Waals surface area contributed by atoms with Gasteiger partial charge in [-0.25, -0.2) is 4.98 Å². The van der Waals surface area contributed by atoms with Crippen LogP contribution in [0.25, 0.3) is 10.2 Å². The lowest BCUT2D eigenvalue weighted by molar-refractivity contribution is -0.116. The van der Waals surface area contributed by atoms with Crippen molar-refractivity contribution < 1.29 is 9.59 Å². The summed E-state index contributed by atoms with van der Waals surface area (Å²) in [6, 6.07) is 9.50. The van der Waals surface area contributed by atoms with E-state index in [4.69, 9.17) is 0 Å². The van der Waals surface area contributed by atoms with E-state index in [1.807, 2.05) is 39.8 Å². The average Bonchev–Trinajstić information content (AvgIpc) is 2.99. The summed E-state index contributed by atoms with van der Waals surface area (Å²) in [5, 5.41) is 6.39. The van der Waals surface area contributed by atoms with Crippen molar-refractivity contribution in [2.75, 3.05) is 10.6 Å². The number of hydrogen-bond acceptors (Lipinski definition) is 4. The third-order valence-electron chi connectivity index (χ3n) is 4.29. The van der Waals surface area contributed by atoms with Gasteiger partial charge in [0.05, 0.1) is 10.2 Å². The molecule has 2 N–H and O–H groups in total. The summed E-state index contributed by atoms with van der Waals surface area (Å²) in [4.78, 5) is 28.9. The highest BCUT2D eigenvalue weighted by molar-refractivity contribution is 7.22. The monoisotopic (exact) mass is 381 g/mol. The fraction of sp³-hybridized carbons (Fsp3) is 0.286. The van der Waals surface area contributed by atoms with Gasteiger partial charge in [-0.2, -0.15) is 0 Å². The van der Waals surface area contributed by atoms with Crippen molar-refractivity contribution in [3.8, 4) is 0 Å². The predicted octanol–water partition coefficient (Wildman–Crippen LogP) is 5.21. The molecule has 5 nitrogen and oxygen atoms in total. The Morgan fingerprint density at radius 2 is 1.74 bits per heavy atom. The summed E-state index contributed by atoms with van der Waals surface area (Å²) in [7, 11) is 0. The summed E-state index contributed by atoms with van der Waals surface area (Å²) < 4.78 is 0.867. The molecule has 1 aromatic heterocycles. The molecule has 3 aromatic rings. The molecule has 3 rings (SSSR count). The maximum Gasteiger partial charge on any atom is 0.255 e. The molecule has 0 aliphatic heterocycles. The first kappa shape index (κ1) is 19.0. The van der Waals surface area contributed by atoms with Gasteiger partial charge < -0.3 is 10.6 Å². The number of benzene rings is 2. The first-order chi connectivity index (χ1) is 12.9. The van der Waals surface area contributed by atoms with E-state index in [0.29, 0.717) is 17.1 Å². The second kappa shape index (κ2) is 7.88. The zero-order valence-corrected chi connectivity index (χ0v) is 16.8. The number of nitrogens with zero attached hydrogens (tertiary/aromatic N) is 1. The molecule has 0 saturated carbocycles. The van der Waals surface area contributed by atoms with E-state index in [0.717, 1.165) is 33.5 Å². The molecule has 6 heteroatoms. The van der Waals surface area contributed by atoms with Crippen molar-refractivity contribution in [1.29, 1.82) is 0 Å². The molecule has 0 aliphatic rings. The van der Waals surface area contributed by atoms with Crippen LogP contribution in [0.5, 0.6) is 0 Å². The minimum absolute atomic E-state index is 0.0418. The topological polar surface area (TPSA) is 71.1 Å². The molecule has 2 aromatic carbocycles. The van der Waals surface area contributed by atoms with Crippen LogP contribution in [0.15, 0.2) is 30.3 Å². The number of nitrogens with one attached hydrogen (secondary N) is 2. The third-order valence-corrected chi connectivity index (χ3v) is 5.22. The normalized spacial score (nSPS) is 10.8. The Kier molecular flexibility index (Phi) is 5.56. The summed E-state index contributed by atoms with van der Waals surface area (Å²) in [5.41, 5.74) is 5.44. The maximum absolute atomic E-state index is 12.7. The molecule has 140 valence electrons. The molecule has 0 fully saturated rings. The summed E-state index contributed by atoms with van der Waals surface area (Å²) >= 11 is 1.37. The number of aromatic nitrogens is 1. The Morgan fingerprint density at radius 3 is 2.41 bits per heavy atom. The Morgan fingerprint density at radius 1 is 1.04 bits per heavy atom. The van der Waals surface area contributed by atoms with Crippen LogP contribution in [0.2, 0.25) is 0 Å². The van der Waals surface area contributed by atoms with E-state index in [9.17, 15) is 9.59 Å². The van der Waals surface area contributed by atoms with E-state index < -0.39 is 0 Å². The van der Waals surface area contributed by atoms with Crippen molar-refractivity contribution in [2.24, 2.45) is 0 Å². The largest absolute Gasteiger partial charge is 0.322 e. The number of thiazole rings is 1. The highest BCUT2D eigenvalue weighted by Gasteiger charge is 2.13. The number of rotatable bonds is 5. The van der Waals surface area contributed by atoms with Crippen LogP contribution < -0.4 is 10.6 Å². The van der Waals surface area contributed by atoms with Gasteiger partial charge in [-0.1, -0.05) is 36.0 Å². The quantitative estimate of drug-likeness (QED) is 0.637. The minimum atomic E-state index is -0.156.